The van der Waals surface area contributed by atoms with Gasteiger partial charge < -0.3 is 9.40 Å². The Morgan fingerprint density at radius 2 is 1.81 bits per heavy atom. The van der Waals surface area contributed by atoms with Crippen molar-refractivity contribution < 1.29 is 4.84 Å². The van der Waals surface area contributed by atoms with Crippen LogP contribution in [0.1, 0.15) is 28.2 Å². The lowest BCUT2D eigenvalue weighted by Crippen LogP contribution is -2.03. The predicted octanol–water partition coefficient (Wildman–Crippen LogP) is 4.95. The molecule has 3 aromatic heterocycles. The lowest BCUT2D eigenvalue weighted by atomic mass is 10.2. The third-order valence-corrected chi connectivity index (χ3v) is 5.77. The third kappa shape index (κ3) is 3.83. The molecule has 0 aliphatic carbocycles. The van der Waals surface area contributed by atoms with Gasteiger partial charge in [-0.2, -0.15) is 0 Å². The van der Waals surface area contributed by atoms with Crippen LogP contribution >= 0.6 is 11.6 Å². The van der Waals surface area contributed by atoms with Crippen molar-refractivity contribution in [2.75, 3.05) is 0 Å². The van der Waals surface area contributed by atoms with Gasteiger partial charge in [-0.3, -0.25) is 0 Å². The Morgan fingerprint density at radius 1 is 1.03 bits per heavy atom. The molecule has 2 aromatic carbocycles. The summed E-state index contributed by atoms with van der Waals surface area (Å²) in [6.45, 7) is 5.13. The number of hydrogen-bond donors (Lipinski definition) is 0. The van der Waals surface area contributed by atoms with Gasteiger partial charge in [0.15, 0.2) is 18.1 Å². The van der Waals surface area contributed by atoms with Gasteiger partial charge in [0.05, 0.1) is 11.6 Å². The van der Waals surface area contributed by atoms with Crippen LogP contribution in [0.25, 0.3) is 16.7 Å². The number of aryl methyl sites for hydroxylation is 1. The molecule has 0 N–H and O–H groups in total. The summed E-state index contributed by atoms with van der Waals surface area (Å²) < 4.78 is 3.92. The van der Waals surface area contributed by atoms with Gasteiger partial charge in [-0.15, -0.1) is 5.10 Å². The van der Waals surface area contributed by atoms with Crippen LogP contribution in [0, 0.1) is 13.8 Å². The van der Waals surface area contributed by atoms with E-state index in [0.717, 1.165) is 40.0 Å². The highest BCUT2D eigenvalue weighted by Crippen LogP contribution is 2.27. The van der Waals surface area contributed by atoms with Crippen LogP contribution in [0.5, 0.6) is 0 Å². The fourth-order valence-corrected chi connectivity index (χ4v) is 3.86. The van der Waals surface area contributed by atoms with Crippen LogP contribution in [0.2, 0.25) is 5.02 Å². The average molecular weight is 445 g/mol. The van der Waals surface area contributed by atoms with Crippen molar-refractivity contribution in [3.05, 3.63) is 94.2 Å². The molecule has 0 fully saturated rings. The van der Waals surface area contributed by atoms with Crippen LogP contribution < -0.4 is 0 Å². The summed E-state index contributed by atoms with van der Waals surface area (Å²) in [5.41, 5.74) is 6.10. The summed E-state index contributed by atoms with van der Waals surface area (Å²) in [6, 6.07) is 17.7. The Kier molecular flexibility index (Phi) is 5.33. The van der Waals surface area contributed by atoms with Crippen molar-refractivity contribution in [3.8, 4) is 0 Å². The van der Waals surface area contributed by atoms with E-state index in [0.29, 0.717) is 10.8 Å². The summed E-state index contributed by atoms with van der Waals surface area (Å²) in [5.74, 6) is 0.542. The van der Waals surface area contributed by atoms with Gasteiger partial charge in [0.1, 0.15) is 12.0 Å². The van der Waals surface area contributed by atoms with E-state index in [1.165, 1.54) is 5.56 Å². The summed E-state index contributed by atoms with van der Waals surface area (Å²) in [7, 11) is 0. The smallest absolute Gasteiger partial charge is 0.192 e. The normalized spacial score (nSPS) is 11.7. The minimum Gasteiger partial charge on any atom is -0.387 e. The first-order chi connectivity index (χ1) is 15.6. The van der Waals surface area contributed by atoms with Crippen LogP contribution in [-0.2, 0) is 18.0 Å². The molecular weight excluding hydrogens is 424 g/mol. The zero-order valence-corrected chi connectivity index (χ0v) is 18.5. The highest BCUT2D eigenvalue weighted by molar-refractivity contribution is 6.30. The Balaban J connectivity index is 1.41. The molecule has 7 nitrogen and oxygen atoms in total. The van der Waals surface area contributed by atoms with Crippen LogP contribution in [0.4, 0.5) is 0 Å². The second-order valence-corrected chi connectivity index (χ2v) is 8.02. The molecule has 0 aliphatic heterocycles. The molecule has 8 heteroatoms. The van der Waals surface area contributed by atoms with E-state index in [1.54, 1.807) is 29.2 Å². The highest BCUT2D eigenvalue weighted by atomic mass is 35.5. The maximum absolute atomic E-state index is 5.89. The summed E-state index contributed by atoms with van der Waals surface area (Å²) in [6.07, 6.45) is 3.33. The van der Waals surface area contributed by atoms with E-state index >= 15 is 0 Å². The van der Waals surface area contributed by atoms with Crippen molar-refractivity contribution in [1.82, 2.24) is 24.1 Å². The molecule has 0 aliphatic rings. The number of aromatic nitrogens is 5. The van der Waals surface area contributed by atoms with Crippen molar-refractivity contribution in [2.24, 2.45) is 5.16 Å². The quantitative estimate of drug-likeness (QED) is 0.274. The lowest BCUT2D eigenvalue weighted by Gasteiger charge is -2.07. The molecule has 5 aromatic rings. The monoisotopic (exact) mass is 444 g/mol. The molecule has 160 valence electrons. The second-order valence-electron chi connectivity index (χ2n) is 7.58. The fourth-order valence-electron chi connectivity index (χ4n) is 3.74. The molecule has 0 saturated carbocycles. The zero-order valence-electron chi connectivity index (χ0n) is 17.7. The van der Waals surface area contributed by atoms with Crippen LogP contribution in [0.3, 0.4) is 0 Å². The topological polar surface area (TPSA) is 69.6 Å². The number of oxime groups is 1. The SMILES string of the molecule is Cc1c(C)n(Cc2ccccc2)c2ncn3nc(CO/N=C/c4ccc(Cl)cc4)nc3c12. The van der Waals surface area contributed by atoms with Crippen molar-refractivity contribution in [3.63, 3.8) is 0 Å². The first kappa shape index (κ1) is 20.2. The predicted molar refractivity (Wildman–Crippen MR) is 125 cm³/mol. The first-order valence-corrected chi connectivity index (χ1v) is 10.6. The van der Waals surface area contributed by atoms with E-state index in [4.69, 9.17) is 21.4 Å². The summed E-state index contributed by atoms with van der Waals surface area (Å²) >= 11 is 5.89. The number of rotatable bonds is 6. The van der Waals surface area contributed by atoms with Crippen LogP contribution in [0.15, 0.2) is 66.1 Å². The van der Waals surface area contributed by atoms with E-state index < -0.39 is 0 Å². The molecule has 5 rings (SSSR count). The molecule has 0 bridgehead atoms. The van der Waals surface area contributed by atoms with Gasteiger partial charge in [-0.1, -0.05) is 59.2 Å². The standard InChI is InChI=1S/C24H21ClN6O/c1-16-17(2)30(13-19-6-4-3-5-7-19)23-22(16)24-28-21(29-31(24)15-26-23)14-32-27-12-18-8-10-20(25)11-9-18/h3-12,15H,13-14H2,1-2H3/b27-12+. The number of nitrogens with zero attached hydrogens (tertiary/aromatic N) is 6. The van der Waals surface area contributed by atoms with Gasteiger partial charge in [-0.05, 0) is 42.7 Å². The molecule has 0 spiro atoms. The Bertz CT molecular complexity index is 1420. The molecule has 0 amide bonds. The van der Waals surface area contributed by atoms with Gasteiger partial charge in [0.25, 0.3) is 0 Å². The first-order valence-electron chi connectivity index (χ1n) is 10.2. The maximum atomic E-state index is 5.89. The Morgan fingerprint density at radius 3 is 2.59 bits per heavy atom. The number of fused-ring (bicyclic) bond motifs is 3. The van der Waals surface area contributed by atoms with Crippen molar-refractivity contribution >= 4 is 34.5 Å². The Hall–Kier alpha value is -3.71. The fraction of sp³-hybridized carbons (Fsp3) is 0.167. The van der Waals surface area contributed by atoms with Crippen LogP contribution in [-0.4, -0.2) is 30.4 Å². The second kappa shape index (κ2) is 8.43. The Labute approximate surface area is 189 Å². The molecule has 0 saturated heterocycles. The number of hydrogen-bond acceptors (Lipinski definition) is 5. The zero-order chi connectivity index (χ0) is 22.1. The number of benzene rings is 2. The average Bonchev–Trinajstić information content (AvgIpc) is 3.33. The van der Waals surface area contributed by atoms with E-state index in [9.17, 15) is 0 Å². The molecule has 3 heterocycles. The third-order valence-electron chi connectivity index (χ3n) is 5.51. The summed E-state index contributed by atoms with van der Waals surface area (Å²) in [4.78, 5) is 14.8. The minimum atomic E-state index is 0.163. The van der Waals surface area contributed by atoms with Gasteiger partial charge in [-0.25, -0.2) is 14.5 Å². The molecule has 0 atom stereocenters. The lowest BCUT2D eigenvalue weighted by molar-refractivity contribution is 0.126. The molecule has 0 radical (unpaired) electrons. The maximum Gasteiger partial charge on any atom is 0.192 e. The minimum absolute atomic E-state index is 0.163. The van der Waals surface area contributed by atoms with Gasteiger partial charge >= 0.3 is 0 Å². The summed E-state index contributed by atoms with van der Waals surface area (Å²) in [5, 5.41) is 10.2. The van der Waals surface area contributed by atoms with E-state index in [2.05, 4.69) is 57.9 Å². The highest BCUT2D eigenvalue weighted by Gasteiger charge is 2.18. The largest absolute Gasteiger partial charge is 0.387 e. The van der Waals surface area contributed by atoms with E-state index in [1.807, 2.05) is 18.2 Å². The molecule has 32 heavy (non-hydrogen) atoms. The van der Waals surface area contributed by atoms with Gasteiger partial charge in [0.2, 0.25) is 0 Å². The number of halogens is 1. The van der Waals surface area contributed by atoms with E-state index in [-0.39, 0.29) is 6.61 Å². The molecular formula is C24H21ClN6O. The molecule has 0 unspecified atom stereocenters. The van der Waals surface area contributed by atoms with Crippen molar-refractivity contribution in [2.45, 2.75) is 27.0 Å². The van der Waals surface area contributed by atoms with Gasteiger partial charge in [0, 0.05) is 17.3 Å². The van der Waals surface area contributed by atoms with Crippen molar-refractivity contribution in [1.29, 1.82) is 0 Å².